The number of rotatable bonds is 4. The Morgan fingerprint density at radius 3 is 2.64 bits per heavy atom. The first-order valence-electron chi connectivity index (χ1n) is 11.4. The first-order valence-corrected chi connectivity index (χ1v) is 11.4. The first kappa shape index (κ1) is 19.9. The summed E-state index contributed by atoms with van der Waals surface area (Å²) in [5.41, 5.74) is 5.48. The fourth-order valence-corrected chi connectivity index (χ4v) is 5.15. The number of carbonyl (C=O) groups excluding carboxylic acids is 1. The zero-order valence-electron chi connectivity index (χ0n) is 18.7. The van der Waals surface area contributed by atoms with Gasteiger partial charge in [0.2, 0.25) is 0 Å². The summed E-state index contributed by atoms with van der Waals surface area (Å²) in [7, 11) is 1.65. The smallest absolute Gasteiger partial charge is 0.196 e. The highest BCUT2D eigenvalue weighted by Gasteiger charge is 2.34. The summed E-state index contributed by atoms with van der Waals surface area (Å²) in [6, 6.07) is 17.8. The molecule has 6 nitrogen and oxygen atoms in total. The van der Waals surface area contributed by atoms with Crippen molar-refractivity contribution in [3.8, 4) is 17.1 Å². The number of hydrogen-bond acceptors (Lipinski definition) is 6. The zero-order chi connectivity index (χ0) is 22.5. The number of nitrogens with one attached hydrogen (secondary N) is 1. The van der Waals surface area contributed by atoms with E-state index in [-0.39, 0.29) is 5.78 Å². The van der Waals surface area contributed by atoms with Crippen molar-refractivity contribution in [2.75, 3.05) is 23.9 Å². The molecule has 2 aliphatic rings. The maximum atomic E-state index is 13.7. The number of hydrogen-bond donors (Lipinski definition) is 1. The normalized spacial score (nSPS) is 17.2. The molecule has 0 radical (unpaired) electrons. The Morgan fingerprint density at radius 2 is 1.88 bits per heavy atom. The Morgan fingerprint density at radius 1 is 1.09 bits per heavy atom. The molecule has 33 heavy (non-hydrogen) atoms. The number of fused-ring (bicyclic) bond motifs is 2. The lowest BCUT2D eigenvalue weighted by Crippen LogP contribution is -2.37. The van der Waals surface area contributed by atoms with Gasteiger partial charge >= 0.3 is 0 Å². The van der Waals surface area contributed by atoms with Crippen molar-refractivity contribution in [1.29, 1.82) is 0 Å². The van der Waals surface area contributed by atoms with Crippen molar-refractivity contribution in [2.45, 2.75) is 32.2 Å². The summed E-state index contributed by atoms with van der Waals surface area (Å²) < 4.78 is 11.2. The minimum atomic E-state index is -0.0134. The molecule has 0 saturated carbocycles. The van der Waals surface area contributed by atoms with Crippen molar-refractivity contribution in [3.05, 3.63) is 65.7 Å². The Hall–Kier alpha value is -3.80. The standard InChI is InChI=1S/C27H25N3O3/c1-16-7-5-6-14-30(16)22-15-21(28-17-10-12-18(32-2)13-11-17)23-24-25(22)29-33-27(24)20-9-4-3-8-19(20)26(23)31/h3-4,8-13,15-16,28H,5-7,14H2,1-2H3/t16-/m1/s1. The van der Waals surface area contributed by atoms with E-state index in [1.165, 1.54) is 6.42 Å². The van der Waals surface area contributed by atoms with Crippen molar-refractivity contribution < 1.29 is 14.1 Å². The number of piperidine rings is 1. The molecule has 1 aliphatic carbocycles. The minimum absolute atomic E-state index is 0.0134. The predicted octanol–water partition coefficient (Wildman–Crippen LogP) is 6.17. The van der Waals surface area contributed by atoms with E-state index in [2.05, 4.69) is 28.4 Å². The van der Waals surface area contributed by atoms with Gasteiger partial charge in [0.25, 0.3) is 0 Å². The van der Waals surface area contributed by atoms with Crippen LogP contribution in [0.15, 0.2) is 59.1 Å². The number of aromatic nitrogens is 1. The van der Waals surface area contributed by atoms with Gasteiger partial charge in [-0.1, -0.05) is 29.4 Å². The van der Waals surface area contributed by atoms with E-state index >= 15 is 0 Å². The second-order valence-electron chi connectivity index (χ2n) is 8.82. The highest BCUT2D eigenvalue weighted by atomic mass is 16.5. The molecule has 1 saturated heterocycles. The topological polar surface area (TPSA) is 67.6 Å². The summed E-state index contributed by atoms with van der Waals surface area (Å²) in [4.78, 5) is 16.1. The molecule has 6 heteroatoms. The van der Waals surface area contributed by atoms with Crippen LogP contribution in [0.4, 0.5) is 17.1 Å². The number of methoxy groups -OCH3 is 1. The number of ketones is 1. The second kappa shape index (κ2) is 7.66. The second-order valence-corrected chi connectivity index (χ2v) is 8.82. The lowest BCUT2D eigenvalue weighted by molar-refractivity contribution is 0.104. The number of benzene rings is 3. The molecule has 0 bridgehead atoms. The number of nitrogens with zero attached hydrogens (tertiary/aromatic N) is 2. The first-order chi connectivity index (χ1) is 16.2. The quantitative estimate of drug-likeness (QED) is 0.361. The maximum absolute atomic E-state index is 13.7. The molecule has 4 aromatic rings. The average molecular weight is 440 g/mol. The molecule has 1 N–H and O–H groups in total. The number of ether oxygens (including phenoxy) is 1. The minimum Gasteiger partial charge on any atom is -0.497 e. The van der Waals surface area contributed by atoms with Crippen LogP contribution in [0.1, 0.15) is 42.1 Å². The highest BCUT2D eigenvalue weighted by Crippen LogP contribution is 2.47. The lowest BCUT2D eigenvalue weighted by atomic mass is 9.86. The third-order valence-corrected chi connectivity index (χ3v) is 6.86. The third-order valence-electron chi connectivity index (χ3n) is 6.86. The van der Waals surface area contributed by atoms with Gasteiger partial charge in [-0.2, -0.15) is 0 Å². The molecular formula is C27H25N3O3. The van der Waals surface area contributed by atoms with E-state index in [1.54, 1.807) is 7.11 Å². The Balaban J connectivity index is 1.59. The van der Waals surface area contributed by atoms with Crippen LogP contribution in [0.3, 0.4) is 0 Å². The number of carbonyl (C=O) groups is 1. The van der Waals surface area contributed by atoms with Gasteiger partial charge in [0, 0.05) is 29.4 Å². The van der Waals surface area contributed by atoms with Crippen molar-refractivity contribution in [3.63, 3.8) is 0 Å². The summed E-state index contributed by atoms with van der Waals surface area (Å²) in [5.74, 6) is 1.44. The van der Waals surface area contributed by atoms with Crippen molar-refractivity contribution >= 4 is 33.7 Å². The van der Waals surface area contributed by atoms with E-state index in [4.69, 9.17) is 9.26 Å². The third kappa shape index (κ3) is 3.09. The highest BCUT2D eigenvalue weighted by molar-refractivity contribution is 6.28. The van der Waals surface area contributed by atoms with Crippen molar-refractivity contribution in [1.82, 2.24) is 5.16 Å². The van der Waals surface area contributed by atoms with Crippen LogP contribution in [-0.4, -0.2) is 30.6 Å². The fraction of sp³-hybridized carbons (Fsp3) is 0.259. The van der Waals surface area contributed by atoms with Gasteiger partial charge in [0.05, 0.1) is 29.4 Å². The van der Waals surface area contributed by atoms with Gasteiger partial charge in [-0.15, -0.1) is 0 Å². The predicted molar refractivity (Wildman–Crippen MR) is 130 cm³/mol. The molecular weight excluding hydrogens is 414 g/mol. The van der Waals surface area contributed by atoms with Crippen LogP contribution in [0, 0.1) is 0 Å². The van der Waals surface area contributed by atoms with E-state index in [0.717, 1.165) is 58.7 Å². The largest absolute Gasteiger partial charge is 0.497 e. The van der Waals surface area contributed by atoms with Gasteiger partial charge in [-0.3, -0.25) is 4.79 Å². The summed E-state index contributed by atoms with van der Waals surface area (Å²) in [6.45, 7) is 3.22. The van der Waals surface area contributed by atoms with Crippen LogP contribution < -0.4 is 15.0 Å². The molecule has 1 atom stereocenters. The molecule has 2 heterocycles. The van der Waals surface area contributed by atoms with Gasteiger partial charge < -0.3 is 19.5 Å². The molecule has 0 unspecified atom stereocenters. The molecule has 0 amide bonds. The molecule has 1 aliphatic heterocycles. The zero-order valence-corrected chi connectivity index (χ0v) is 18.7. The van der Waals surface area contributed by atoms with Gasteiger partial charge in [-0.05, 0) is 56.5 Å². The molecule has 166 valence electrons. The molecule has 1 aromatic heterocycles. The van der Waals surface area contributed by atoms with Crippen LogP contribution >= 0.6 is 0 Å². The summed E-state index contributed by atoms with van der Waals surface area (Å²) in [6.07, 6.45) is 3.50. The van der Waals surface area contributed by atoms with Crippen LogP contribution in [0.5, 0.6) is 5.75 Å². The van der Waals surface area contributed by atoms with Gasteiger partial charge in [0.15, 0.2) is 11.5 Å². The van der Waals surface area contributed by atoms with E-state index in [9.17, 15) is 4.79 Å². The van der Waals surface area contributed by atoms with Crippen LogP contribution in [0.2, 0.25) is 0 Å². The lowest BCUT2D eigenvalue weighted by Gasteiger charge is -2.36. The van der Waals surface area contributed by atoms with Gasteiger partial charge in [-0.25, -0.2) is 0 Å². The summed E-state index contributed by atoms with van der Waals surface area (Å²) >= 11 is 0. The van der Waals surface area contributed by atoms with Crippen LogP contribution in [-0.2, 0) is 0 Å². The molecule has 6 rings (SSSR count). The molecule has 0 spiro atoms. The van der Waals surface area contributed by atoms with E-state index in [1.807, 2.05) is 48.5 Å². The summed E-state index contributed by atoms with van der Waals surface area (Å²) in [5, 5.41) is 8.79. The van der Waals surface area contributed by atoms with Gasteiger partial charge in [0.1, 0.15) is 11.3 Å². The average Bonchev–Trinajstić information content (AvgIpc) is 3.29. The Bertz CT molecular complexity index is 1370. The monoisotopic (exact) mass is 439 g/mol. The Kier molecular flexibility index (Phi) is 4.61. The number of anilines is 3. The van der Waals surface area contributed by atoms with E-state index in [0.29, 0.717) is 22.9 Å². The van der Waals surface area contributed by atoms with E-state index < -0.39 is 0 Å². The molecule has 3 aromatic carbocycles. The molecule has 1 fully saturated rings. The SMILES string of the molecule is COc1ccc(Nc2cc(N3CCCC[C@H]3C)c3noc4c3c2C(=O)c2ccccc2-4)cc1. The fourth-order valence-electron chi connectivity index (χ4n) is 5.15. The Labute approximate surface area is 192 Å². The maximum Gasteiger partial charge on any atom is 0.196 e. The van der Waals surface area contributed by atoms with Crippen LogP contribution in [0.25, 0.3) is 22.2 Å². The van der Waals surface area contributed by atoms with Crippen molar-refractivity contribution in [2.24, 2.45) is 0 Å².